The number of ether oxygens (including phenoxy) is 1. The molecule has 140 valence electrons. The predicted molar refractivity (Wildman–Crippen MR) is 109 cm³/mol. The molecule has 0 aliphatic carbocycles. The maximum atomic E-state index is 13.3. The lowest BCUT2D eigenvalue weighted by Crippen LogP contribution is -2.58. The molecule has 2 heterocycles. The van der Waals surface area contributed by atoms with Crippen LogP contribution in [0, 0.1) is 0 Å². The third-order valence-electron chi connectivity index (χ3n) is 5.39. The number of amides is 1. The highest BCUT2D eigenvalue weighted by Gasteiger charge is 2.54. The minimum absolute atomic E-state index is 0.211. The lowest BCUT2D eigenvalue weighted by molar-refractivity contribution is 0.0549. The highest BCUT2D eigenvalue weighted by Crippen LogP contribution is 2.52. The molecule has 1 N–H and O–H groups in total. The number of para-hydroxylation sites is 2. The van der Waals surface area contributed by atoms with Crippen LogP contribution >= 0.6 is 0 Å². The first-order valence-corrected chi connectivity index (χ1v) is 9.43. The topological polar surface area (TPSA) is 41.6 Å². The molecule has 0 fully saturated rings. The van der Waals surface area contributed by atoms with Crippen LogP contribution in [0.15, 0.2) is 61.2 Å². The van der Waals surface area contributed by atoms with Crippen LogP contribution < -0.4 is 10.2 Å². The van der Waals surface area contributed by atoms with Crippen molar-refractivity contribution in [3.05, 3.63) is 72.3 Å². The summed E-state index contributed by atoms with van der Waals surface area (Å²) < 4.78 is 5.79. The Morgan fingerprint density at radius 3 is 2.70 bits per heavy atom. The third kappa shape index (κ3) is 2.80. The van der Waals surface area contributed by atoms with Crippen LogP contribution in [-0.2, 0) is 16.6 Å². The molecule has 27 heavy (non-hydrogen) atoms. The number of rotatable bonds is 2. The van der Waals surface area contributed by atoms with E-state index in [0.29, 0.717) is 0 Å². The largest absolute Gasteiger partial charge is 0.443 e. The summed E-state index contributed by atoms with van der Waals surface area (Å²) in [7, 11) is 0. The fraction of sp³-hybridized carbons (Fsp3) is 0.348. The van der Waals surface area contributed by atoms with Crippen LogP contribution in [0.4, 0.5) is 16.2 Å². The summed E-state index contributed by atoms with van der Waals surface area (Å²) in [6, 6.07) is 16.4. The van der Waals surface area contributed by atoms with Gasteiger partial charge in [0.2, 0.25) is 0 Å². The number of hydrogen-bond acceptors (Lipinski definition) is 3. The summed E-state index contributed by atoms with van der Waals surface area (Å²) in [6.45, 7) is 9.70. The molecule has 0 radical (unpaired) electrons. The van der Waals surface area contributed by atoms with Gasteiger partial charge in [-0.15, -0.1) is 6.58 Å². The van der Waals surface area contributed by atoms with E-state index in [1.54, 1.807) is 4.90 Å². The highest BCUT2D eigenvalue weighted by molar-refractivity contribution is 5.93. The van der Waals surface area contributed by atoms with Gasteiger partial charge in [0.15, 0.2) is 0 Å². The Kier molecular flexibility index (Phi) is 4.02. The van der Waals surface area contributed by atoms with Crippen LogP contribution in [0.1, 0.15) is 38.3 Å². The zero-order chi connectivity index (χ0) is 19.2. The van der Waals surface area contributed by atoms with Crippen LogP contribution in [0.2, 0.25) is 0 Å². The Morgan fingerprint density at radius 1 is 1.26 bits per heavy atom. The summed E-state index contributed by atoms with van der Waals surface area (Å²) in [5.41, 5.74) is 3.56. The molecule has 0 bridgehead atoms. The quantitative estimate of drug-likeness (QED) is 0.742. The third-order valence-corrected chi connectivity index (χ3v) is 5.39. The molecule has 2 aliphatic rings. The lowest BCUT2D eigenvalue weighted by Gasteiger charge is -2.46. The van der Waals surface area contributed by atoms with E-state index in [0.717, 1.165) is 29.8 Å². The van der Waals surface area contributed by atoms with Crippen LogP contribution in [0.25, 0.3) is 0 Å². The number of nitrogens with zero attached hydrogens (tertiary/aromatic N) is 1. The molecule has 2 aliphatic heterocycles. The monoisotopic (exact) mass is 362 g/mol. The minimum Gasteiger partial charge on any atom is -0.443 e. The molecule has 4 rings (SSSR count). The Hall–Kier alpha value is -2.75. The number of carbonyl (C=O) groups is 1. The standard InChI is InChI=1S/C23H26N2O2/c1-5-14-23-15-16-10-6-9-13-19(16)25(21(26)27-22(2,3)4)20(23)24-18-12-8-7-11-17(18)23/h5-13,20,24H,1,14-15H2,2-4H3/t20-,23-/m1/s1. The molecule has 0 saturated carbocycles. The van der Waals surface area contributed by atoms with Crippen molar-refractivity contribution < 1.29 is 9.53 Å². The van der Waals surface area contributed by atoms with Gasteiger partial charge in [0.1, 0.15) is 11.8 Å². The smallest absolute Gasteiger partial charge is 0.416 e. The molecule has 0 aromatic heterocycles. The normalized spacial score (nSPS) is 22.9. The fourth-order valence-electron chi connectivity index (χ4n) is 4.42. The minimum atomic E-state index is -0.559. The van der Waals surface area contributed by atoms with Gasteiger partial charge < -0.3 is 10.1 Å². The van der Waals surface area contributed by atoms with Crippen molar-refractivity contribution in [3.63, 3.8) is 0 Å². The Morgan fingerprint density at radius 2 is 1.96 bits per heavy atom. The Labute approximate surface area is 160 Å². The SMILES string of the molecule is C=CC[C@]12Cc3ccccc3N(C(=O)OC(C)(C)C)[C@H]1Nc1ccccc12. The van der Waals surface area contributed by atoms with E-state index in [2.05, 4.69) is 36.2 Å². The zero-order valence-corrected chi connectivity index (χ0v) is 16.2. The molecule has 4 nitrogen and oxygen atoms in total. The maximum Gasteiger partial charge on any atom is 0.416 e. The van der Waals surface area contributed by atoms with Gasteiger partial charge in [-0.25, -0.2) is 4.79 Å². The molecule has 2 atom stereocenters. The fourth-order valence-corrected chi connectivity index (χ4v) is 4.42. The summed E-state index contributed by atoms with van der Waals surface area (Å²) in [5.74, 6) is 0. The van der Waals surface area contributed by atoms with Gasteiger partial charge in [-0.2, -0.15) is 0 Å². The van der Waals surface area contributed by atoms with E-state index in [1.165, 1.54) is 5.56 Å². The van der Waals surface area contributed by atoms with Crippen molar-refractivity contribution in [1.82, 2.24) is 0 Å². The molecular formula is C23H26N2O2. The van der Waals surface area contributed by atoms with Crippen molar-refractivity contribution in [3.8, 4) is 0 Å². The van der Waals surface area contributed by atoms with Gasteiger partial charge in [0.05, 0.1) is 5.69 Å². The van der Waals surface area contributed by atoms with Gasteiger partial charge >= 0.3 is 6.09 Å². The van der Waals surface area contributed by atoms with Crippen LogP contribution in [0.5, 0.6) is 0 Å². The van der Waals surface area contributed by atoms with E-state index in [4.69, 9.17) is 4.74 Å². The number of carbonyl (C=O) groups excluding carboxylic acids is 1. The van der Waals surface area contributed by atoms with Gasteiger partial charge in [0, 0.05) is 11.1 Å². The average Bonchev–Trinajstić information content (AvgIpc) is 2.92. The maximum absolute atomic E-state index is 13.3. The molecule has 2 aromatic rings. The van der Waals surface area contributed by atoms with Crippen LogP contribution in [0.3, 0.4) is 0 Å². The van der Waals surface area contributed by atoms with E-state index >= 15 is 0 Å². The average molecular weight is 362 g/mol. The number of hydrogen-bond donors (Lipinski definition) is 1. The Balaban J connectivity index is 1.89. The second-order valence-corrected chi connectivity index (χ2v) is 8.40. The number of anilines is 2. The second kappa shape index (κ2) is 6.15. The molecular weight excluding hydrogens is 336 g/mol. The zero-order valence-electron chi connectivity index (χ0n) is 16.2. The van der Waals surface area contributed by atoms with E-state index < -0.39 is 5.60 Å². The molecule has 4 heteroatoms. The lowest BCUT2D eigenvalue weighted by atomic mass is 9.69. The summed E-state index contributed by atoms with van der Waals surface area (Å²) in [6.07, 6.45) is 3.04. The van der Waals surface area contributed by atoms with Crippen molar-refractivity contribution in [2.45, 2.75) is 50.8 Å². The molecule has 0 saturated heterocycles. The van der Waals surface area contributed by atoms with E-state index in [1.807, 2.05) is 51.1 Å². The summed E-state index contributed by atoms with van der Waals surface area (Å²) in [4.78, 5) is 15.1. The van der Waals surface area contributed by atoms with Crippen molar-refractivity contribution in [2.75, 3.05) is 10.2 Å². The van der Waals surface area contributed by atoms with Crippen molar-refractivity contribution in [2.24, 2.45) is 0 Å². The van der Waals surface area contributed by atoms with Gasteiger partial charge in [-0.05, 0) is 56.9 Å². The van der Waals surface area contributed by atoms with Crippen LogP contribution in [-0.4, -0.2) is 17.9 Å². The predicted octanol–water partition coefficient (Wildman–Crippen LogP) is 5.25. The second-order valence-electron chi connectivity index (χ2n) is 8.40. The van der Waals surface area contributed by atoms with E-state index in [9.17, 15) is 4.79 Å². The Bertz CT molecular complexity index is 899. The summed E-state index contributed by atoms with van der Waals surface area (Å²) in [5, 5.41) is 3.60. The van der Waals surface area contributed by atoms with E-state index in [-0.39, 0.29) is 17.7 Å². The molecule has 2 aromatic carbocycles. The highest BCUT2D eigenvalue weighted by atomic mass is 16.6. The first kappa shape index (κ1) is 17.7. The van der Waals surface area contributed by atoms with Crippen molar-refractivity contribution >= 4 is 17.5 Å². The first-order valence-electron chi connectivity index (χ1n) is 9.43. The van der Waals surface area contributed by atoms with Gasteiger partial charge in [-0.3, -0.25) is 4.90 Å². The number of benzene rings is 2. The molecule has 0 spiro atoms. The van der Waals surface area contributed by atoms with Crippen molar-refractivity contribution in [1.29, 1.82) is 0 Å². The number of allylic oxidation sites excluding steroid dienone is 1. The van der Waals surface area contributed by atoms with Gasteiger partial charge in [-0.1, -0.05) is 42.5 Å². The number of fused-ring (bicyclic) bond motifs is 4. The molecule has 0 unspecified atom stereocenters. The first-order chi connectivity index (χ1) is 12.9. The molecule has 1 amide bonds. The summed E-state index contributed by atoms with van der Waals surface area (Å²) >= 11 is 0. The number of nitrogens with one attached hydrogen (secondary N) is 1. The van der Waals surface area contributed by atoms with Gasteiger partial charge in [0.25, 0.3) is 0 Å².